The number of carbonyl (C=O) groups excluding carboxylic acids is 2. The topological polar surface area (TPSA) is 187 Å². The SMILES string of the molecule is O=C(N[C@H]1C[C@H]1F)c1cccnc1-n1nc(Cn2nc(-c3ccc(Cl)cc3)n(C[C@H](O)C(F)(F)F)c2=O)nc1C(=O)N1CCS(=O)(=O)CC1. The van der Waals surface area contributed by atoms with Crippen LogP contribution < -0.4 is 11.0 Å². The van der Waals surface area contributed by atoms with Crippen LogP contribution in [0, 0.1) is 0 Å². The van der Waals surface area contributed by atoms with Crippen molar-refractivity contribution >= 4 is 33.3 Å². The summed E-state index contributed by atoms with van der Waals surface area (Å²) in [5, 5.41) is 21.1. The lowest BCUT2D eigenvalue weighted by atomic mass is 10.2. The highest BCUT2D eigenvalue weighted by Crippen LogP contribution is 2.27. The van der Waals surface area contributed by atoms with Crippen molar-refractivity contribution in [3.63, 3.8) is 0 Å². The van der Waals surface area contributed by atoms with E-state index in [-0.39, 0.29) is 59.6 Å². The maximum Gasteiger partial charge on any atom is 0.416 e. The summed E-state index contributed by atoms with van der Waals surface area (Å²) >= 11 is 5.95. The number of hydrogen-bond acceptors (Lipinski definition) is 10. The molecule has 260 valence electrons. The standard InChI is InChI=1S/C28H26ClF4N9O6S/c29-16-5-3-15(4-6-16)22-38-41(27(46)40(22)13-20(43)28(31,32)33)14-21-36-24(26(45)39-8-10-49(47,48)11-9-39)42(37-21)23-17(2-1-7-34-23)25(44)35-19-12-18(19)30/h1-7,18-20,43H,8-14H2,(H,35,44)/t18-,19+,20+/m1/s1. The summed E-state index contributed by atoms with van der Waals surface area (Å²) in [7, 11) is -3.38. The van der Waals surface area contributed by atoms with E-state index in [4.69, 9.17) is 11.6 Å². The van der Waals surface area contributed by atoms with Crippen molar-refractivity contribution in [2.75, 3.05) is 24.6 Å². The molecule has 2 fully saturated rings. The van der Waals surface area contributed by atoms with Crippen LogP contribution in [0.25, 0.3) is 17.2 Å². The summed E-state index contributed by atoms with van der Waals surface area (Å²) in [6.07, 6.45) is -7.78. The van der Waals surface area contributed by atoms with Gasteiger partial charge >= 0.3 is 11.9 Å². The highest BCUT2D eigenvalue weighted by molar-refractivity contribution is 7.91. The van der Waals surface area contributed by atoms with Crippen molar-refractivity contribution in [1.29, 1.82) is 0 Å². The molecule has 1 saturated carbocycles. The number of alkyl halides is 4. The average Bonchev–Trinajstić information content (AvgIpc) is 3.44. The van der Waals surface area contributed by atoms with E-state index in [1.165, 1.54) is 47.5 Å². The smallest absolute Gasteiger partial charge is 0.382 e. The molecular formula is C28H26ClF4N9O6S. The van der Waals surface area contributed by atoms with Crippen LogP contribution in [0.4, 0.5) is 17.6 Å². The first-order valence-corrected chi connectivity index (χ1v) is 16.9. The number of nitrogens with zero attached hydrogens (tertiary/aromatic N) is 8. The van der Waals surface area contributed by atoms with E-state index in [9.17, 15) is 45.5 Å². The lowest BCUT2D eigenvalue weighted by molar-refractivity contribution is -0.207. The van der Waals surface area contributed by atoms with Crippen LogP contribution in [0.5, 0.6) is 0 Å². The molecule has 4 aromatic rings. The minimum atomic E-state index is -5.06. The number of nitrogens with one attached hydrogen (secondary N) is 1. The van der Waals surface area contributed by atoms with Gasteiger partial charge in [0.25, 0.3) is 11.8 Å². The molecular weight excluding hydrogens is 702 g/mol. The quantitative estimate of drug-likeness (QED) is 0.236. The fourth-order valence-electron chi connectivity index (χ4n) is 5.00. The number of pyridine rings is 1. The fraction of sp³-hybridized carbons (Fsp3) is 0.393. The monoisotopic (exact) mass is 727 g/mol. The number of amides is 2. The molecule has 6 rings (SSSR count). The first-order valence-electron chi connectivity index (χ1n) is 14.7. The second kappa shape index (κ2) is 13.0. The van der Waals surface area contributed by atoms with Crippen molar-refractivity contribution < 1.29 is 40.7 Å². The molecule has 49 heavy (non-hydrogen) atoms. The minimum absolute atomic E-state index is 0.110. The van der Waals surface area contributed by atoms with E-state index in [1.54, 1.807) is 0 Å². The van der Waals surface area contributed by atoms with E-state index in [1.807, 2.05) is 0 Å². The third-order valence-corrected chi connectivity index (χ3v) is 9.65. The van der Waals surface area contributed by atoms with E-state index in [0.29, 0.717) is 9.59 Å². The second-order valence-electron chi connectivity index (χ2n) is 11.4. The third-order valence-electron chi connectivity index (χ3n) is 7.78. The van der Waals surface area contributed by atoms with E-state index in [2.05, 4.69) is 25.5 Å². The van der Waals surface area contributed by atoms with Gasteiger partial charge in [-0.3, -0.25) is 14.2 Å². The Morgan fingerprint density at radius 3 is 2.41 bits per heavy atom. The first kappa shape index (κ1) is 34.2. The minimum Gasteiger partial charge on any atom is -0.382 e. The zero-order valence-corrected chi connectivity index (χ0v) is 26.7. The van der Waals surface area contributed by atoms with Gasteiger partial charge in [0, 0.05) is 36.3 Å². The summed E-state index contributed by atoms with van der Waals surface area (Å²) in [6.45, 7) is -2.14. The van der Waals surface area contributed by atoms with Crippen molar-refractivity contribution in [3.8, 4) is 17.2 Å². The molecule has 2 amide bonds. The van der Waals surface area contributed by atoms with E-state index in [0.717, 1.165) is 9.36 Å². The van der Waals surface area contributed by atoms with Gasteiger partial charge in [0.1, 0.15) is 12.7 Å². The maximum absolute atomic E-state index is 13.7. The molecule has 3 aromatic heterocycles. The van der Waals surface area contributed by atoms with Crippen molar-refractivity contribution in [1.82, 2.24) is 44.3 Å². The number of hydrogen-bond donors (Lipinski definition) is 2. The fourth-order valence-corrected chi connectivity index (χ4v) is 6.33. The lowest BCUT2D eigenvalue weighted by Gasteiger charge is -2.26. The number of sulfone groups is 1. The van der Waals surface area contributed by atoms with Crippen molar-refractivity contribution in [3.05, 3.63) is 75.3 Å². The zero-order chi connectivity index (χ0) is 35.2. The Morgan fingerprint density at radius 2 is 1.78 bits per heavy atom. The number of halogens is 5. The van der Waals surface area contributed by atoms with Gasteiger partial charge < -0.3 is 15.3 Å². The number of aromatic nitrogens is 7. The molecule has 1 saturated heterocycles. The van der Waals surface area contributed by atoms with Gasteiger partial charge in [-0.25, -0.2) is 32.3 Å². The predicted octanol–water partition coefficient (Wildman–Crippen LogP) is 1.02. The Hall–Kier alpha value is -4.69. The molecule has 1 aromatic carbocycles. The summed E-state index contributed by atoms with van der Waals surface area (Å²) in [5.74, 6) is -3.26. The van der Waals surface area contributed by atoms with Crippen LogP contribution in [0.15, 0.2) is 47.4 Å². The van der Waals surface area contributed by atoms with Crippen LogP contribution >= 0.6 is 11.6 Å². The van der Waals surface area contributed by atoms with Crippen LogP contribution in [0.3, 0.4) is 0 Å². The summed E-state index contributed by atoms with van der Waals surface area (Å²) in [4.78, 5) is 49.9. The Bertz CT molecular complexity index is 2070. The van der Waals surface area contributed by atoms with Crippen molar-refractivity contribution in [2.24, 2.45) is 0 Å². The summed E-state index contributed by atoms with van der Waals surface area (Å²) < 4.78 is 79.8. The van der Waals surface area contributed by atoms with Crippen LogP contribution in [0.1, 0.15) is 33.2 Å². The molecule has 21 heteroatoms. The Balaban J connectivity index is 1.41. The van der Waals surface area contributed by atoms with Crippen LogP contribution in [-0.4, -0.2) is 113 Å². The molecule has 0 radical (unpaired) electrons. The maximum atomic E-state index is 13.7. The molecule has 3 atom stereocenters. The lowest BCUT2D eigenvalue weighted by Crippen LogP contribution is -2.44. The molecule has 2 N–H and O–H groups in total. The van der Waals surface area contributed by atoms with Gasteiger partial charge in [0.15, 0.2) is 33.4 Å². The molecule has 1 aliphatic heterocycles. The number of rotatable bonds is 9. The van der Waals surface area contributed by atoms with Crippen LogP contribution in [0.2, 0.25) is 5.02 Å². The Morgan fingerprint density at radius 1 is 1.10 bits per heavy atom. The van der Waals surface area contributed by atoms with Gasteiger partial charge in [0.05, 0.1) is 29.7 Å². The van der Waals surface area contributed by atoms with Gasteiger partial charge in [0.2, 0.25) is 5.82 Å². The van der Waals surface area contributed by atoms with Gasteiger partial charge in [-0.1, -0.05) is 11.6 Å². The third kappa shape index (κ3) is 7.35. The largest absolute Gasteiger partial charge is 0.416 e. The predicted molar refractivity (Wildman–Crippen MR) is 163 cm³/mol. The van der Waals surface area contributed by atoms with Gasteiger partial charge in [-0.05, 0) is 36.4 Å². The van der Waals surface area contributed by atoms with E-state index >= 15 is 0 Å². The average molecular weight is 728 g/mol. The normalized spacial score (nSPS) is 19.4. The zero-order valence-electron chi connectivity index (χ0n) is 25.1. The van der Waals surface area contributed by atoms with Gasteiger partial charge in [-0.15, -0.1) is 10.2 Å². The number of benzene rings is 1. The second-order valence-corrected chi connectivity index (χ2v) is 14.1. The molecule has 15 nitrogen and oxygen atoms in total. The molecule has 4 heterocycles. The highest BCUT2D eigenvalue weighted by atomic mass is 35.5. The summed E-state index contributed by atoms with van der Waals surface area (Å²) in [6, 6.07) is 7.74. The molecule has 1 aliphatic carbocycles. The molecule has 0 bridgehead atoms. The first-order chi connectivity index (χ1) is 23.1. The van der Waals surface area contributed by atoms with Gasteiger partial charge in [-0.2, -0.15) is 17.9 Å². The Labute approximate surface area is 279 Å². The van der Waals surface area contributed by atoms with E-state index < -0.39 is 70.7 Å². The number of aliphatic hydroxyl groups is 1. The number of aliphatic hydroxyl groups excluding tert-OH is 1. The molecule has 2 aliphatic rings. The Kier molecular flexibility index (Phi) is 9.05. The summed E-state index contributed by atoms with van der Waals surface area (Å²) in [5.41, 5.74) is -0.998. The van der Waals surface area contributed by atoms with Crippen molar-refractivity contribution in [2.45, 2.75) is 44.0 Å². The molecule has 0 spiro atoms. The van der Waals surface area contributed by atoms with Crippen LogP contribution in [-0.2, 0) is 22.9 Å². The highest BCUT2D eigenvalue weighted by Gasteiger charge is 2.40. The number of carbonyl (C=O) groups is 2. The molecule has 0 unspecified atom stereocenters.